The number of hydrogen-bond acceptors (Lipinski definition) is 4. The molecule has 0 bridgehead atoms. The Balaban J connectivity index is 2.05. The summed E-state index contributed by atoms with van der Waals surface area (Å²) in [5, 5.41) is 11.0. The van der Waals surface area contributed by atoms with Crippen molar-refractivity contribution in [1.82, 2.24) is 4.98 Å². The third-order valence-corrected chi connectivity index (χ3v) is 3.62. The normalized spacial score (nSPS) is 11.2. The topological polar surface area (TPSA) is 74.7 Å². The minimum absolute atomic E-state index is 0.0462. The quantitative estimate of drug-likeness (QED) is 0.572. The highest BCUT2D eigenvalue weighted by atomic mass is 16.5. The molecular weight excluding hydrogens is 292 g/mol. The Bertz CT molecular complexity index is 910. The average Bonchev–Trinajstić information content (AvgIpc) is 2.86. The van der Waals surface area contributed by atoms with E-state index in [9.17, 15) is 9.90 Å². The first-order valence-corrected chi connectivity index (χ1v) is 7.13. The largest absolute Gasteiger partial charge is 0.494 e. The maximum Gasteiger partial charge on any atom is 0.340 e. The number of carbonyl (C=O) groups is 1. The molecule has 1 aromatic heterocycles. The third-order valence-electron chi connectivity index (χ3n) is 3.62. The van der Waals surface area contributed by atoms with Crippen molar-refractivity contribution >= 4 is 28.8 Å². The lowest BCUT2D eigenvalue weighted by Crippen LogP contribution is -2.01. The van der Waals surface area contributed by atoms with Crippen molar-refractivity contribution in [1.29, 1.82) is 0 Å². The Morgan fingerprint density at radius 1 is 1.26 bits per heavy atom. The first-order valence-electron chi connectivity index (χ1n) is 7.13. The lowest BCUT2D eigenvalue weighted by atomic mass is 10.1. The highest BCUT2D eigenvalue weighted by Crippen LogP contribution is 2.27. The van der Waals surface area contributed by atoms with Crippen LogP contribution in [0.5, 0.6) is 5.88 Å². The number of esters is 1. The number of aryl methyl sites for hydroxylation is 1. The Morgan fingerprint density at radius 2 is 2.04 bits per heavy atom. The van der Waals surface area contributed by atoms with Gasteiger partial charge in [0.15, 0.2) is 5.88 Å². The van der Waals surface area contributed by atoms with Crippen LogP contribution >= 0.6 is 0 Å². The second-order valence-electron chi connectivity index (χ2n) is 5.20. The van der Waals surface area contributed by atoms with Crippen LogP contribution in [0.2, 0.25) is 0 Å². The summed E-state index contributed by atoms with van der Waals surface area (Å²) in [4.78, 5) is 19.0. The van der Waals surface area contributed by atoms with E-state index in [-0.39, 0.29) is 5.88 Å². The Kier molecular flexibility index (Phi) is 3.85. The Hall–Kier alpha value is -3.08. The first-order chi connectivity index (χ1) is 11.1. The van der Waals surface area contributed by atoms with E-state index in [2.05, 4.69) is 9.98 Å². The van der Waals surface area contributed by atoms with Crippen LogP contribution < -0.4 is 0 Å². The molecule has 23 heavy (non-hydrogen) atoms. The number of ether oxygens (including phenoxy) is 1. The predicted molar refractivity (Wildman–Crippen MR) is 89.7 cm³/mol. The molecular formula is C18H16N2O3. The monoisotopic (exact) mass is 308 g/mol. The minimum atomic E-state index is -0.448. The number of methoxy groups -OCH3 is 1. The molecule has 2 N–H and O–H groups in total. The minimum Gasteiger partial charge on any atom is -0.494 e. The molecule has 0 saturated carbocycles. The van der Waals surface area contributed by atoms with E-state index in [4.69, 9.17) is 4.74 Å². The second kappa shape index (κ2) is 5.96. The summed E-state index contributed by atoms with van der Waals surface area (Å²) in [6, 6.07) is 12.8. The van der Waals surface area contributed by atoms with Crippen molar-refractivity contribution in [3.05, 3.63) is 59.2 Å². The molecule has 2 aromatic carbocycles. The first kappa shape index (κ1) is 14.8. The number of nitrogens with one attached hydrogen (secondary N) is 1. The molecule has 116 valence electrons. The maximum absolute atomic E-state index is 11.8. The van der Waals surface area contributed by atoms with Crippen molar-refractivity contribution in [2.45, 2.75) is 6.92 Å². The van der Waals surface area contributed by atoms with E-state index in [0.717, 1.165) is 16.5 Å². The molecule has 0 radical (unpaired) electrons. The number of aromatic hydroxyl groups is 1. The lowest BCUT2D eigenvalue weighted by Gasteiger charge is -2.02. The molecule has 0 saturated heterocycles. The van der Waals surface area contributed by atoms with Crippen LogP contribution in [0, 0.1) is 6.92 Å². The molecule has 3 aromatic rings. The number of hydrogen-bond donors (Lipinski definition) is 2. The van der Waals surface area contributed by atoms with Crippen LogP contribution in [0.15, 0.2) is 47.5 Å². The van der Waals surface area contributed by atoms with Crippen molar-refractivity contribution in [2.75, 3.05) is 7.11 Å². The molecule has 5 nitrogen and oxygen atoms in total. The maximum atomic E-state index is 11.8. The number of aromatic amines is 1. The number of aromatic nitrogens is 1. The van der Waals surface area contributed by atoms with E-state index >= 15 is 0 Å². The van der Waals surface area contributed by atoms with Gasteiger partial charge in [-0.1, -0.05) is 24.3 Å². The van der Waals surface area contributed by atoms with Gasteiger partial charge in [-0.3, -0.25) is 4.99 Å². The Morgan fingerprint density at radius 3 is 2.83 bits per heavy atom. The third kappa shape index (κ3) is 2.81. The number of para-hydroxylation sites is 1. The number of fused-ring (bicyclic) bond motifs is 1. The van der Waals surface area contributed by atoms with Gasteiger partial charge in [-0.05, 0) is 30.7 Å². The van der Waals surface area contributed by atoms with Gasteiger partial charge in [-0.25, -0.2) is 4.79 Å². The summed E-state index contributed by atoms with van der Waals surface area (Å²) in [5.41, 5.74) is 3.38. The van der Waals surface area contributed by atoms with Crippen LogP contribution in [-0.4, -0.2) is 29.4 Å². The van der Waals surface area contributed by atoms with E-state index in [1.807, 2.05) is 25.1 Å². The summed E-state index contributed by atoms with van der Waals surface area (Å²) >= 11 is 0. The molecule has 0 aliphatic rings. The molecule has 1 heterocycles. The molecule has 0 aliphatic heterocycles. The number of benzene rings is 2. The number of H-pyrrole nitrogens is 1. The van der Waals surface area contributed by atoms with E-state index in [1.165, 1.54) is 7.11 Å². The van der Waals surface area contributed by atoms with Gasteiger partial charge in [0.25, 0.3) is 0 Å². The number of rotatable bonds is 3. The standard InChI is InChI=1S/C18H16N2O3/c1-11-7-8-12-14(17(21)20-16(12)9-11)10-19-15-6-4-3-5-13(15)18(22)23-2/h3-10,20-21H,1-2H3. The van der Waals surface area contributed by atoms with Crippen LogP contribution in [0.4, 0.5) is 5.69 Å². The highest BCUT2D eigenvalue weighted by Gasteiger charge is 2.12. The van der Waals surface area contributed by atoms with Gasteiger partial charge in [0.05, 0.1) is 23.9 Å². The van der Waals surface area contributed by atoms with Crippen molar-refractivity contribution in [3.63, 3.8) is 0 Å². The molecule has 0 amide bonds. The molecule has 0 fully saturated rings. The summed E-state index contributed by atoms with van der Waals surface area (Å²) in [6.45, 7) is 1.98. The highest BCUT2D eigenvalue weighted by molar-refractivity contribution is 6.03. The fourth-order valence-electron chi connectivity index (χ4n) is 2.45. The fourth-order valence-corrected chi connectivity index (χ4v) is 2.45. The number of carbonyl (C=O) groups excluding carboxylic acids is 1. The van der Waals surface area contributed by atoms with E-state index in [1.54, 1.807) is 30.5 Å². The smallest absolute Gasteiger partial charge is 0.340 e. The predicted octanol–water partition coefficient (Wildman–Crippen LogP) is 3.72. The SMILES string of the molecule is COC(=O)c1ccccc1N=Cc1c(O)[nH]c2cc(C)ccc12. The molecule has 0 aliphatic carbocycles. The number of aliphatic imine (C=N–C) groups is 1. The van der Waals surface area contributed by atoms with E-state index < -0.39 is 5.97 Å². The number of nitrogens with zero attached hydrogens (tertiary/aromatic N) is 1. The average molecular weight is 308 g/mol. The molecule has 0 atom stereocenters. The van der Waals surface area contributed by atoms with Crippen LogP contribution in [-0.2, 0) is 4.74 Å². The van der Waals surface area contributed by atoms with Gasteiger partial charge in [0, 0.05) is 17.1 Å². The summed E-state index contributed by atoms with van der Waals surface area (Å²) in [7, 11) is 1.33. The molecule has 3 rings (SSSR count). The summed E-state index contributed by atoms with van der Waals surface area (Å²) in [5.74, 6) is -0.401. The van der Waals surface area contributed by atoms with Gasteiger partial charge >= 0.3 is 5.97 Å². The Labute approximate surface area is 133 Å². The molecule has 0 spiro atoms. The zero-order valence-corrected chi connectivity index (χ0v) is 12.8. The van der Waals surface area contributed by atoms with Crippen molar-refractivity contribution < 1.29 is 14.6 Å². The zero-order chi connectivity index (χ0) is 16.4. The van der Waals surface area contributed by atoms with Gasteiger partial charge in [0.1, 0.15) is 0 Å². The van der Waals surface area contributed by atoms with Crippen molar-refractivity contribution in [3.8, 4) is 5.88 Å². The molecule has 5 heteroatoms. The zero-order valence-electron chi connectivity index (χ0n) is 12.8. The van der Waals surface area contributed by atoms with Gasteiger partial charge in [-0.15, -0.1) is 0 Å². The van der Waals surface area contributed by atoms with Gasteiger partial charge in [0.2, 0.25) is 0 Å². The van der Waals surface area contributed by atoms with Crippen LogP contribution in [0.3, 0.4) is 0 Å². The van der Waals surface area contributed by atoms with Crippen LogP contribution in [0.1, 0.15) is 21.5 Å². The van der Waals surface area contributed by atoms with Gasteiger partial charge < -0.3 is 14.8 Å². The lowest BCUT2D eigenvalue weighted by molar-refractivity contribution is 0.0601. The fraction of sp³-hybridized carbons (Fsp3) is 0.111. The van der Waals surface area contributed by atoms with Gasteiger partial charge in [-0.2, -0.15) is 0 Å². The van der Waals surface area contributed by atoms with E-state index in [0.29, 0.717) is 16.8 Å². The second-order valence-corrected chi connectivity index (χ2v) is 5.20. The van der Waals surface area contributed by atoms with Crippen molar-refractivity contribution in [2.24, 2.45) is 4.99 Å². The molecule has 0 unspecified atom stereocenters. The summed E-state index contributed by atoms with van der Waals surface area (Å²) in [6.07, 6.45) is 1.55. The summed E-state index contributed by atoms with van der Waals surface area (Å²) < 4.78 is 4.75. The van der Waals surface area contributed by atoms with Crippen LogP contribution in [0.25, 0.3) is 10.9 Å².